The summed E-state index contributed by atoms with van der Waals surface area (Å²) in [4.78, 5) is 9.28. The maximum absolute atomic E-state index is 6.04. The molecule has 4 heteroatoms. The topological polar surface area (TPSA) is 63.8 Å². The van der Waals surface area contributed by atoms with Gasteiger partial charge in [0.05, 0.1) is 16.7 Å². The fourth-order valence-electron chi connectivity index (χ4n) is 3.01. The Bertz CT molecular complexity index is 596. The molecule has 2 aromatic rings. The summed E-state index contributed by atoms with van der Waals surface area (Å²) in [6, 6.07) is 8.37. The number of aryl methyl sites for hydroxylation is 1. The van der Waals surface area contributed by atoms with Gasteiger partial charge in [0.25, 0.3) is 0 Å². The van der Waals surface area contributed by atoms with Crippen LogP contribution in [0.5, 0.6) is 0 Å². The van der Waals surface area contributed by atoms with Gasteiger partial charge in [0.15, 0.2) is 0 Å². The highest BCUT2D eigenvalue weighted by atomic mass is 15.0. The molecule has 0 radical (unpaired) electrons. The lowest BCUT2D eigenvalue weighted by molar-refractivity contribution is 0.335. The first kappa shape index (κ1) is 13.3. The third kappa shape index (κ3) is 2.90. The molecule has 1 aliphatic rings. The summed E-state index contributed by atoms with van der Waals surface area (Å²) in [5.41, 5.74) is 8.90. The smallest absolute Gasteiger partial charge is 0.148 e. The van der Waals surface area contributed by atoms with Gasteiger partial charge in [0.1, 0.15) is 5.82 Å². The van der Waals surface area contributed by atoms with E-state index in [1.807, 2.05) is 31.2 Å². The molecule has 0 amide bonds. The molecule has 1 fully saturated rings. The van der Waals surface area contributed by atoms with Crippen molar-refractivity contribution in [2.45, 2.75) is 38.6 Å². The average molecular weight is 270 g/mol. The Labute approximate surface area is 119 Å². The van der Waals surface area contributed by atoms with Crippen molar-refractivity contribution < 1.29 is 0 Å². The lowest BCUT2D eigenvalue weighted by Gasteiger charge is -2.27. The highest BCUT2D eigenvalue weighted by molar-refractivity contribution is 5.76. The standard InChI is InChI=1S/C16H22N4/c1-11-16(18-10-12-5-4-6-13(17)9-12)20-15-8-3-2-7-14(15)19-11/h2-3,7-8,12-13H,4-6,9-10,17H2,1H3,(H,18,20). The Hall–Kier alpha value is -1.68. The molecule has 2 atom stereocenters. The fraction of sp³-hybridized carbons (Fsp3) is 0.500. The van der Waals surface area contributed by atoms with Gasteiger partial charge in [-0.05, 0) is 44.2 Å². The van der Waals surface area contributed by atoms with Gasteiger partial charge in [0, 0.05) is 12.6 Å². The fourth-order valence-corrected chi connectivity index (χ4v) is 3.01. The highest BCUT2D eigenvalue weighted by Gasteiger charge is 2.19. The van der Waals surface area contributed by atoms with Crippen LogP contribution in [0.2, 0.25) is 0 Å². The van der Waals surface area contributed by atoms with Crippen molar-refractivity contribution in [1.29, 1.82) is 0 Å². The van der Waals surface area contributed by atoms with Gasteiger partial charge in [0.2, 0.25) is 0 Å². The molecule has 1 aliphatic carbocycles. The molecule has 3 rings (SSSR count). The van der Waals surface area contributed by atoms with E-state index in [0.717, 1.165) is 35.5 Å². The lowest BCUT2D eigenvalue weighted by atomic mass is 9.86. The maximum atomic E-state index is 6.04. The average Bonchev–Trinajstić information content (AvgIpc) is 2.45. The quantitative estimate of drug-likeness (QED) is 0.900. The summed E-state index contributed by atoms with van der Waals surface area (Å²) in [5.74, 6) is 1.56. The van der Waals surface area contributed by atoms with Gasteiger partial charge in [-0.2, -0.15) is 0 Å². The number of para-hydroxylation sites is 2. The number of rotatable bonds is 3. The number of aromatic nitrogens is 2. The lowest BCUT2D eigenvalue weighted by Crippen LogP contribution is -2.31. The van der Waals surface area contributed by atoms with Crippen LogP contribution in [0.4, 0.5) is 5.82 Å². The first-order valence-electron chi connectivity index (χ1n) is 7.45. The third-order valence-electron chi connectivity index (χ3n) is 4.13. The molecule has 0 saturated heterocycles. The molecule has 2 unspecified atom stereocenters. The van der Waals surface area contributed by atoms with Crippen LogP contribution < -0.4 is 11.1 Å². The molecule has 0 spiro atoms. The van der Waals surface area contributed by atoms with Crippen LogP contribution in [0.15, 0.2) is 24.3 Å². The van der Waals surface area contributed by atoms with Gasteiger partial charge in [-0.1, -0.05) is 18.6 Å². The second kappa shape index (κ2) is 5.75. The number of nitrogens with zero attached hydrogens (tertiary/aromatic N) is 2. The molecular formula is C16H22N4. The van der Waals surface area contributed by atoms with Crippen LogP contribution >= 0.6 is 0 Å². The Morgan fingerprint density at radius 1 is 1.20 bits per heavy atom. The van der Waals surface area contributed by atoms with Crippen LogP contribution in [0.3, 0.4) is 0 Å². The minimum atomic E-state index is 0.374. The van der Waals surface area contributed by atoms with E-state index in [2.05, 4.69) is 15.3 Å². The number of fused-ring (bicyclic) bond motifs is 1. The summed E-state index contributed by atoms with van der Waals surface area (Å²) < 4.78 is 0. The van der Waals surface area contributed by atoms with Gasteiger partial charge in [-0.25, -0.2) is 9.97 Å². The summed E-state index contributed by atoms with van der Waals surface area (Å²) in [5, 5.41) is 3.47. The first-order chi connectivity index (χ1) is 9.72. The van der Waals surface area contributed by atoms with E-state index in [9.17, 15) is 0 Å². The van der Waals surface area contributed by atoms with Crippen LogP contribution in [0.25, 0.3) is 11.0 Å². The van der Waals surface area contributed by atoms with Crippen LogP contribution in [0, 0.1) is 12.8 Å². The molecule has 1 aromatic carbocycles. The summed E-state index contributed by atoms with van der Waals surface area (Å²) in [6.07, 6.45) is 4.80. The zero-order valence-corrected chi connectivity index (χ0v) is 12.0. The summed E-state index contributed by atoms with van der Waals surface area (Å²) in [7, 11) is 0. The first-order valence-corrected chi connectivity index (χ1v) is 7.45. The third-order valence-corrected chi connectivity index (χ3v) is 4.13. The number of nitrogens with one attached hydrogen (secondary N) is 1. The predicted octanol–water partition coefficient (Wildman–Crippen LogP) is 2.87. The molecule has 1 aromatic heterocycles. The molecule has 106 valence electrons. The monoisotopic (exact) mass is 270 g/mol. The van der Waals surface area contributed by atoms with E-state index in [0.29, 0.717) is 12.0 Å². The van der Waals surface area contributed by atoms with Crippen molar-refractivity contribution in [2.24, 2.45) is 11.7 Å². The molecule has 0 aliphatic heterocycles. The highest BCUT2D eigenvalue weighted by Crippen LogP contribution is 2.24. The number of hydrogen-bond acceptors (Lipinski definition) is 4. The Balaban J connectivity index is 1.72. The Morgan fingerprint density at radius 3 is 2.70 bits per heavy atom. The van der Waals surface area contributed by atoms with Gasteiger partial charge in [-0.3, -0.25) is 0 Å². The molecule has 1 heterocycles. The Morgan fingerprint density at radius 2 is 1.95 bits per heavy atom. The van der Waals surface area contributed by atoms with E-state index in [1.54, 1.807) is 0 Å². The molecule has 3 N–H and O–H groups in total. The van der Waals surface area contributed by atoms with Crippen molar-refractivity contribution >= 4 is 16.9 Å². The number of nitrogens with two attached hydrogens (primary N) is 1. The van der Waals surface area contributed by atoms with E-state index >= 15 is 0 Å². The predicted molar refractivity (Wildman–Crippen MR) is 82.7 cm³/mol. The molecule has 4 nitrogen and oxygen atoms in total. The van der Waals surface area contributed by atoms with Gasteiger partial charge in [-0.15, -0.1) is 0 Å². The van der Waals surface area contributed by atoms with Crippen LogP contribution in [-0.4, -0.2) is 22.6 Å². The number of anilines is 1. The van der Waals surface area contributed by atoms with Gasteiger partial charge >= 0.3 is 0 Å². The maximum Gasteiger partial charge on any atom is 0.148 e. The molecule has 0 bridgehead atoms. The molecule has 20 heavy (non-hydrogen) atoms. The zero-order chi connectivity index (χ0) is 13.9. The van der Waals surface area contributed by atoms with Crippen molar-refractivity contribution in [3.05, 3.63) is 30.0 Å². The van der Waals surface area contributed by atoms with Crippen molar-refractivity contribution in [1.82, 2.24) is 9.97 Å². The van der Waals surface area contributed by atoms with Crippen molar-refractivity contribution in [2.75, 3.05) is 11.9 Å². The van der Waals surface area contributed by atoms with E-state index in [-0.39, 0.29) is 0 Å². The summed E-state index contributed by atoms with van der Waals surface area (Å²) in [6.45, 7) is 2.95. The van der Waals surface area contributed by atoms with Crippen molar-refractivity contribution in [3.63, 3.8) is 0 Å². The van der Waals surface area contributed by atoms with E-state index in [4.69, 9.17) is 5.73 Å². The normalized spacial score (nSPS) is 22.9. The van der Waals surface area contributed by atoms with Crippen LogP contribution in [0.1, 0.15) is 31.4 Å². The van der Waals surface area contributed by atoms with Crippen molar-refractivity contribution in [3.8, 4) is 0 Å². The Kier molecular flexibility index (Phi) is 3.83. The zero-order valence-electron chi connectivity index (χ0n) is 12.0. The molecular weight excluding hydrogens is 248 g/mol. The largest absolute Gasteiger partial charge is 0.368 e. The summed E-state index contributed by atoms with van der Waals surface area (Å²) >= 11 is 0. The molecule has 1 saturated carbocycles. The van der Waals surface area contributed by atoms with Gasteiger partial charge < -0.3 is 11.1 Å². The van der Waals surface area contributed by atoms with Crippen LogP contribution in [-0.2, 0) is 0 Å². The SMILES string of the molecule is Cc1nc2ccccc2nc1NCC1CCCC(N)C1. The minimum Gasteiger partial charge on any atom is -0.368 e. The minimum absolute atomic E-state index is 0.374. The second-order valence-corrected chi connectivity index (χ2v) is 5.82. The second-order valence-electron chi connectivity index (χ2n) is 5.82. The number of hydrogen-bond donors (Lipinski definition) is 2. The number of benzene rings is 1. The van der Waals surface area contributed by atoms with E-state index < -0.39 is 0 Å². The van der Waals surface area contributed by atoms with E-state index in [1.165, 1.54) is 19.3 Å².